The van der Waals surface area contributed by atoms with Crippen LogP contribution in [-0.4, -0.2) is 53.4 Å². The number of pyridine rings is 1. The van der Waals surface area contributed by atoms with E-state index in [0.717, 1.165) is 38.5 Å². The Morgan fingerprint density at radius 2 is 2.08 bits per heavy atom. The minimum Gasteiger partial charge on any atom is -0.452 e. The molecule has 1 N–H and O–H groups in total. The van der Waals surface area contributed by atoms with Gasteiger partial charge in [-0.3, -0.25) is 14.6 Å². The minimum absolute atomic E-state index is 0.0187. The monoisotopic (exact) mass is 367 g/mol. The molecule has 2 saturated heterocycles. The molecule has 3 atom stereocenters. The second-order valence-corrected chi connectivity index (χ2v) is 6.87. The highest BCUT2D eigenvalue weighted by atomic mass is 19.4. The van der Waals surface area contributed by atoms with Gasteiger partial charge < -0.3 is 14.6 Å². The van der Waals surface area contributed by atoms with Crippen LogP contribution in [0.25, 0.3) is 11.0 Å². The summed E-state index contributed by atoms with van der Waals surface area (Å²) in [4.78, 5) is 30.0. The lowest BCUT2D eigenvalue weighted by molar-refractivity contribution is -0.0898. The van der Waals surface area contributed by atoms with Crippen LogP contribution in [0.2, 0.25) is 0 Å². The first-order valence-electron chi connectivity index (χ1n) is 8.34. The number of alkyl halides is 3. The van der Waals surface area contributed by atoms with Gasteiger partial charge in [-0.2, -0.15) is 13.2 Å². The number of hydrogen-bond acceptors (Lipinski definition) is 5. The average Bonchev–Trinajstić information content (AvgIpc) is 3.15. The molecule has 4 heterocycles. The summed E-state index contributed by atoms with van der Waals surface area (Å²) in [6.07, 6.45) is -1.74. The van der Waals surface area contributed by atoms with E-state index in [9.17, 15) is 22.8 Å². The molecule has 26 heavy (non-hydrogen) atoms. The van der Waals surface area contributed by atoms with Gasteiger partial charge in [-0.15, -0.1) is 0 Å². The van der Waals surface area contributed by atoms with Crippen molar-refractivity contribution in [1.29, 1.82) is 0 Å². The Morgan fingerprint density at radius 3 is 2.81 bits per heavy atom. The van der Waals surface area contributed by atoms with Crippen molar-refractivity contribution >= 4 is 22.7 Å². The van der Waals surface area contributed by atoms with Gasteiger partial charge in [0.15, 0.2) is 5.76 Å². The Morgan fingerprint density at radius 1 is 1.27 bits per heavy atom. The van der Waals surface area contributed by atoms with Gasteiger partial charge in [-0.05, 0) is 31.4 Å². The molecule has 0 saturated carbocycles. The van der Waals surface area contributed by atoms with E-state index < -0.39 is 23.6 Å². The van der Waals surface area contributed by atoms with Crippen molar-refractivity contribution in [2.24, 2.45) is 5.92 Å². The second kappa shape index (κ2) is 6.08. The van der Waals surface area contributed by atoms with Crippen molar-refractivity contribution in [3.05, 3.63) is 29.8 Å². The highest BCUT2D eigenvalue weighted by Gasteiger charge is 2.41. The van der Waals surface area contributed by atoms with Crippen LogP contribution in [0.5, 0.6) is 0 Å². The summed E-state index contributed by atoms with van der Waals surface area (Å²) in [5, 5.41) is 3.16. The Hall–Kier alpha value is -2.42. The zero-order valence-electron chi connectivity index (χ0n) is 13.7. The molecule has 3 unspecified atom stereocenters. The van der Waals surface area contributed by atoms with Gasteiger partial charge in [0, 0.05) is 36.8 Å². The number of halogens is 3. The van der Waals surface area contributed by atoms with Crippen LogP contribution in [0.1, 0.15) is 33.9 Å². The first-order valence-corrected chi connectivity index (χ1v) is 8.34. The van der Waals surface area contributed by atoms with Gasteiger partial charge in [-0.25, -0.2) is 0 Å². The Labute approximate surface area is 146 Å². The van der Waals surface area contributed by atoms with E-state index in [2.05, 4.69) is 15.2 Å². The molecular weight excluding hydrogens is 351 g/mol. The lowest BCUT2D eigenvalue weighted by Gasteiger charge is -2.30. The summed E-state index contributed by atoms with van der Waals surface area (Å²) < 4.78 is 42.5. The molecule has 0 aliphatic carbocycles. The Balaban J connectivity index is 1.51. The van der Waals surface area contributed by atoms with Crippen molar-refractivity contribution in [3.63, 3.8) is 0 Å². The number of furan rings is 1. The van der Waals surface area contributed by atoms with E-state index in [-0.39, 0.29) is 22.7 Å². The molecule has 2 fully saturated rings. The fourth-order valence-electron chi connectivity index (χ4n) is 3.73. The average molecular weight is 367 g/mol. The summed E-state index contributed by atoms with van der Waals surface area (Å²) in [5.74, 6) is -2.69. The molecule has 2 bridgehead atoms. The number of fused-ring (bicyclic) bond motifs is 3. The van der Waals surface area contributed by atoms with Crippen molar-refractivity contribution in [3.8, 4) is 0 Å². The van der Waals surface area contributed by atoms with Gasteiger partial charge in [0.2, 0.25) is 0 Å². The molecule has 9 heteroatoms. The molecular formula is C17H16F3N3O3. The van der Waals surface area contributed by atoms with Crippen LogP contribution in [0.15, 0.2) is 22.7 Å². The number of aromatic nitrogens is 1. The summed E-state index contributed by atoms with van der Waals surface area (Å²) in [5.41, 5.74) is 0.0657. The molecule has 4 rings (SSSR count). The normalized spacial score (nSPS) is 25.4. The molecule has 1 amide bonds. The van der Waals surface area contributed by atoms with Crippen LogP contribution in [-0.2, 0) is 0 Å². The molecule has 2 aliphatic rings. The number of rotatable bonds is 3. The summed E-state index contributed by atoms with van der Waals surface area (Å²) in [7, 11) is 0. The quantitative estimate of drug-likeness (QED) is 0.844. The highest BCUT2D eigenvalue weighted by molar-refractivity contribution is 6.02. The molecule has 6 nitrogen and oxygen atoms in total. The molecule has 2 aromatic rings. The predicted octanol–water partition coefficient (Wildman–Crippen LogP) is 2.40. The maximum Gasteiger partial charge on any atom is 0.458 e. The van der Waals surface area contributed by atoms with Crippen molar-refractivity contribution in [1.82, 2.24) is 15.2 Å². The van der Waals surface area contributed by atoms with E-state index >= 15 is 0 Å². The zero-order chi connectivity index (χ0) is 18.5. The number of hydrogen-bond donors (Lipinski definition) is 1. The third-order valence-electron chi connectivity index (χ3n) is 4.92. The molecule has 0 radical (unpaired) electrons. The molecule has 0 spiro atoms. The third kappa shape index (κ3) is 3.18. The lowest BCUT2D eigenvalue weighted by Crippen LogP contribution is -2.47. The molecule has 2 aliphatic heterocycles. The third-order valence-corrected chi connectivity index (χ3v) is 4.92. The Bertz CT molecular complexity index is 865. The van der Waals surface area contributed by atoms with Crippen LogP contribution in [0, 0.1) is 5.92 Å². The number of carbonyl (C=O) groups excluding carboxylic acids is 2. The van der Waals surface area contributed by atoms with E-state index in [0.29, 0.717) is 5.92 Å². The van der Waals surface area contributed by atoms with Gasteiger partial charge >= 0.3 is 12.0 Å². The number of nitrogens with one attached hydrogen (secondary N) is 1. The standard InChI is InChI=1S/C17H16F3N3O3/c18-17(19,20)15(24)14-4-10-6-21-12(5-13(10)26-14)16(25)22-11-3-9-1-2-23(7-9)8-11/h4-6,9,11H,1-3,7-8H2,(H,22,25). The van der Waals surface area contributed by atoms with Crippen molar-refractivity contribution < 1.29 is 27.2 Å². The summed E-state index contributed by atoms with van der Waals surface area (Å²) in [6.45, 7) is 2.90. The number of nitrogens with zero attached hydrogens (tertiary/aromatic N) is 2. The van der Waals surface area contributed by atoms with E-state index in [1.807, 2.05) is 0 Å². The smallest absolute Gasteiger partial charge is 0.452 e. The van der Waals surface area contributed by atoms with Crippen LogP contribution in [0.4, 0.5) is 13.2 Å². The van der Waals surface area contributed by atoms with Gasteiger partial charge in [0.05, 0.1) is 0 Å². The number of piperidine rings is 1. The summed E-state index contributed by atoms with van der Waals surface area (Å²) >= 11 is 0. The van der Waals surface area contributed by atoms with E-state index in [4.69, 9.17) is 4.42 Å². The topological polar surface area (TPSA) is 75.4 Å². The highest BCUT2D eigenvalue weighted by Crippen LogP contribution is 2.28. The van der Waals surface area contributed by atoms with Gasteiger partial charge in [0.1, 0.15) is 11.3 Å². The maximum atomic E-state index is 12.5. The second-order valence-electron chi connectivity index (χ2n) is 6.87. The van der Waals surface area contributed by atoms with E-state index in [1.54, 1.807) is 0 Å². The SMILES string of the molecule is O=C(NC1CC2CCN(C2)C1)c1cc2oc(C(=O)C(F)(F)F)cc2cn1. The lowest BCUT2D eigenvalue weighted by atomic mass is 9.97. The number of ketones is 1. The first-order chi connectivity index (χ1) is 12.3. The Kier molecular flexibility index (Phi) is 3.98. The van der Waals surface area contributed by atoms with Crippen LogP contribution >= 0.6 is 0 Å². The zero-order valence-corrected chi connectivity index (χ0v) is 13.7. The molecule has 138 valence electrons. The molecule has 2 aromatic heterocycles. The predicted molar refractivity (Wildman–Crippen MR) is 84.8 cm³/mol. The fourth-order valence-corrected chi connectivity index (χ4v) is 3.73. The fraction of sp³-hybridized carbons (Fsp3) is 0.471. The van der Waals surface area contributed by atoms with Gasteiger partial charge in [-0.1, -0.05) is 0 Å². The van der Waals surface area contributed by atoms with Crippen LogP contribution < -0.4 is 5.32 Å². The number of Topliss-reactive ketones (excluding diaryl/α,β-unsaturated/α-hetero) is 1. The van der Waals surface area contributed by atoms with E-state index in [1.165, 1.54) is 12.3 Å². The van der Waals surface area contributed by atoms with Crippen LogP contribution in [0.3, 0.4) is 0 Å². The maximum absolute atomic E-state index is 12.5. The summed E-state index contributed by atoms with van der Waals surface area (Å²) in [6, 6.07) is 2.27. The number of amides is 1. The van der Waals surface area contributed by atoms with Gasteiger partial charge in [0.25, 0.3) is 5.91 Å². The first kappa shape index (κ1) is 17.0. The van der Waals surface area contributed by atoms with Crippen molar-refractivity contribution in [2.45, 2.75) is 25.1 Å². The largest absolute Gasteiger partial charge is 0.458 e. The van der Waals surface area contributed by atoms with Crippen molar-refractivity contribution in [2.75, 3.05) is 19.6 Å². The minimum atomic E-state index is -5.02. The molecule has 0 aromatic carbocycles. The number of carbonyl (C=O) groups is 2.